The number of morpholine rings is 1. The standard InChI is InChI=1S/C20H26Cl2N2O4/c21-16-5-4-15(12-17(16)22)19(26)28-13-18(25)23-14-20(6-2-1-3-7-20)24-8-10-27-11-9-24/h4-5,12H,1-3,6-11,13-14H2,(H,23,25). The molecule has 2 fully saturated rings. The number of nitrogens with zero attached hydrogens (tertiary/aromatic N) is 1. The molecule has 0 unspecified atom stereocenters. The molecule has 0 radical (unpaired) electrons. The van der Waals surface area contributed by atoms with Gasteiger partial charge in [0.15, 0.2) is 6.61 Å². The van der Waals surface area contributed by atoms with Crippen molar-refractivity contribution < 1.29 is 19.1 Å². The van der Waals surface area contributed by atoms with Gasteiger partial charge < -0.3 is 14.8 Å². The molecule has 1 aromatic carbocycles. The highest BCUT2D eigenvalue weighted by Gasteiger charge is 2.38. The summed E-state index contributed by atoms with van der Waals surface area (Å²) in [6, 6.07) is 4.47. The topological polar surface area (TPSA) is 67.9 Å². The second-order valence-electron chi connectivity index (χ2n) is 7.37. The number of carbonyl (C=O) groups excluding carboxylic acids is 2. The molecule has 1 heterocycles. The van der Waals surface area contributed by atoms with Gasteiger partial charge >= 0.3 is 5.97 Å². The molecule has 3 rings (SSSR count). The lowest BCUT2D eigenvalue weighted by molar-refractivity contribution is -0.125. The summed E-state index contributed by atoms with van der Waals surface area (Å²) < 4.78 is 10.6. The summed E-state index contributed by atoms with van der Waals surface area (Å²) >= 11 is 11.8. The number of hydrogen-bond donors (Lipinski definition) is 1. The number of halogens is 2. The molecular formula is C20H26Cl2N2O4. The lowest BCUT2D eigenvalue weighted by Crippen LogP contribution is -2.59. The third kappa shape index (κ3) is 5.38. The van der Waals surface area contributed by atoms with E-state index in [0.29, 0.717) is 11.6 Å². The van der Waals surface area contributed by atoms with Crippen LogP contribution in [-0.2, 0) is 14.3 Å². The second-order valence-corrected chi connectivity index (χ2v) is 8.18. The summed E-state index contributed by atoms with van der Waals surface area (Å²) in [4.78, 5) is 26.8. The van der Waals surface area contributed by atoms with Crippen LogP contribution in [0.25, 0.3) is 0 Å². The van der Waals surface area contributed by atoms with E-state index >= 15 is 0 Å². The summed E-state index contributed by atoms with van der Waals surface area (Å²) in [5, 5.41) is 3.60. The first-order chi connectivity index (χ1) is 13.5. The van der Waals surface area contributed by atoms with Crippen molar-refractivity contribution in [2.75, 3.05) is 39.5 Å². The van der Waals surface area contributed by atoms with Crippen LogP contribution in [0.4, 0.5) is 0 Å². The van der Waals surface area contributed by atoms with Crippen molar-refractivity contribution in [1.82, 2.24) is 10.2 Å². The normalized spacial score (nSPS) is 19.8. The van der Waals surface area contributed by atoms with E-state index in [1.54, 1.807) is 0 Å². The minimum atomic E-state index is -0.603. The quantitative estimate of drug-likeness (QED) is 0.703. The third-order valence-electron chi connectivity index (χ3n) is 5.57. The van der Waals surface area contributed by atoms with Crippen LogP contribution in [0.3, 0.4) is 0 Å². The highest BCUT2D eigenvalue weighted by molar-refractivity contribution is 6.42. The lowest BCUT2D eigenvalue weighted by atomic mass is 9.79. The number of ether oxygens (including phenoxy) is 2. The molecule has 1 aliphatic heterocycles. The molecule has 0 atom stereocenters. The Kier molecular flexibility index (Phi) is 7.57. The number of carbonyl (C=O) groups is 2. The van der Waals surface area contributed by atoms with Crippen molar-refractivity contribution in [3.05, 3.63) is 33.8 Å². The Hall–Kier alpha value is -1.34. The lowest BCUT2D eigenvalue weighted by Gasteiger charge is -2.48. The van der Waals surface area contributed by atoms with Crippen LogP contribution in [0.2, 0.25) is 10.0 Å². The molecule has 0 bridgehead atoms. The molecule has 1 saturated carbocycles. The van der Waals surface area contributed by atoms with Gasteiger partial charge in [0.05, 0.1) is 28.8 Å². The van der Waals surface area contributed by atoms with Crippen LogP contribution in [-0.4, -0.2) is 61.8 Å². The third-order valence-corrected chi connectivity index (χ3v) is 6.31. The van der Waals surface area contributed by atoms with Crippen LogP contribution < -0.4 is 5.32 Å². The Morgan fingerprint density at radius 2 is 1.82 bits per heavy atom. The minimum absolute atomic E-state index is 0.0224. The maximum atomic E-state index is 12.3. The molecule has 1 saturated heterocycles. The smallest absolute Gasteiger partial charge is 0.338 e. The van der Waals surface area contributed by atoms with E-state index in [1.807, 2.05) is 0 Å². The van der Waals surface area contributed by atoms with Gasteiger partial charge in [-0.2, -0.15) is 0 Å². The van der Waals surface area contributed by atoms with E-state index in [0.717, 1.165) is 39.1 Å². The van der Waals surface area contributed by atoms with Crippen molar-refractivity contribution in [2.24, 2.45) is 0 Å². The van der Waals surface area contributed by atoms with Crippen LogP contribution in [0, 0.1) is 0 Å². The van der Waals surface area contributed by atoms with Gasteiger partial charge in [0.25, 0.3) is 5.91 Å². The zero-order valence-corrected chi connectivity index (χ0v) is 17.4. The van der Waals surface area contributed by atoms with Crippen molar-refractivity contribution in [3.8, 4) is 0 Å². The number of hydrogen-bond acceptors (Lipinski definition) is 5. The van der Waals surface area contributed by atoms with E-state index < -0.39 is 5.97 Å². The van der Waals surface area contributed by atoms with E-state index in [2.05, 4.69) is 10.2 Å². The van der Waals surface area contributed by atoms with Gasteiger partial charge in [0.2, 0.25) is 0 Å². The SMILES string of the molecule is O=C(COC(=O)c1ccc(Cl)c(Cl)c1)NCC1(N2CCOCC2)CCCCC1. The Labute approximate surface area is 175 Å². The first-order valence-electron chi connectivity index (χ1n) is 9.72. The molecule has 1 amide bonds. The zero-order valence-electron chi connectivity index (χ0n) is 15.8. The summed E-state index contributed by atoms with van der Waals surface area (Å²) in [5.74, 6) is -0.902. The molecule has 1 aromatic rings. The largest absolute Gasteiger partial charge is 0.452 e. The van der Waals surface area contributed by atoms with Crippen molar-refractivity contribution in [2.45, 2.75) is 37.6 Å². The molecule has 8 heteroatoms. The molecule has 0 spiro atoms. The first-order valence-corrected chi connectivity index (χ1v) is 10.5. The highest BCUT2D eigenvalue weighted by Crippen LogP contribution is 2.33. The van der Waals surface area contributed by atoms with E-state index in [4.69, 9.17) is 32.7 Å². The fourth-order valence-corrected chi connectivity index (χ4v) is 4.30. The second kappa shape index (κ2) is 9.92. The average molecular weight is 429 g/mol. The zero-order chi connectivity index (χ0) is 20.0. The highest BCUT2D eigenvalue weighted by atomic mass is 35.5. The maximum Gasteiger partial charge on any atom is 0.338 e. The summed E-state index contributed by atoms with van der Waals surface area (Å²) in [5.41, 5.74) is 0.241. The number of esters is 1. The maximum absolute atomic E-state index is 12.3. The van der Waals surface area contributed by atoms with Crippen molar-refractivity contribution in [1.29, 1.82) is 0 Å². The first kappa shape index (κ1) is 21.4. The Bertz CT molecular complexity index is 701. The molecule has 6 nitrogen and oxygen atoms in total. The summed E-state index contributed by atoms with van der Waals surface area (Å²) in [7, 11) is 0. The van der Waals surface area contributed by atoms with Crippen molar-refractivity contribution >= 4 is 35.1 Å². The van der Waals surface area contributed by atoms with Gasteiger partial charge in [0, 0.05) is 25.2 Å². The number of nitrogens with one attached hydrogen (secondary N) is 1. The number of rotatable bonds is 6. The molecule has 1 aliphatic carbocycles. The molecular weight excluding hydrogens is 403 g/mol. The number of benzene rings is 1. The van der Waals surface area contributed by atoms with Crippen LogP contribution >= 0.6 is 23.2 Å². The number of amides is 1. The Morgan fingerprint density at radius 3 is 2.50 bits per heavy atom. The van der Waals surface area contributed by atoms with E-state index in [9.17, 15) is 9.59 Å². The van der Waals surface area contributed by atoms with E-state index in [1.165, 1.54) is 37.5 Å². The Morgan fingerprint density at radius 1 is 1.11 bits per heavy atom. The molecule has 1 N–H and O–H groups in total. The van der Waals surface area contributed by atoms with Crippen LogP contribution in [0.5, 0.6) is 0 Å². The molecule has 0 aromatic heterocycles. The minimum Gasteiger partial charge on any atom is -0.452 e. The Balaban J connectivity index is 1.51. The van der Waals surface area contributed by atoms with Crippen LogP contribution in [0.1, 0.15) is 42.5 Å². The van der Waals surface area contributed by atoms with Crippen molar-refractivity contribution in [3.63, 3.8) is 0 Å². The molecule has 28 heavy (non-hydrogen) atoms. The molecule has 154 valence electrons. The average Bonchev–Trinajstić information content (AvgIpc) is 2.73. The summed E-state index contributed by atoms with van der Waals surface area (Å²) in [6.45, 7) is 3.49. The van der Waals surface area contributed by atoms with Crippen LogP contribution in [0.15, 0.2) is 18.2 Å². The fraction of sp³-hybridized carbons (Fsp3) is 0.600. The van der Waals surface area contributed by atoms with Gasteiger partial charge in [-0.3, -0.25) is 9.69 Å². The van der Waals surface area contributed by atoms with Gasteiger partial charge in [-0.1, -0.05) is 42.5 Å². The predicted molar refractivity (Wildman–Crippen MR) is 108 cm³/mol. The van der Waals surface area contributed by atoms with Gasteiger partial charge in [-0.25, -0.2) is 4.79 Å². The molecule has 2 aliphatic rings. The van der Waals surface area contributed by atoms with Gasteiger partial charge in [-0.15, -0.1) is 0 Å². The predicted octanol–water partition coefficient (Wildman–Crippen LogP) is 3.30. The summed E-state index contributed by atoms with van der Waals surface area (Å²) in [6.07, 6.45) is 5.70. The van der Waals surface area contributed by atoms with Gasteiger partial charge in [-0.05, 0) is 31.0 Å². The monoisotopic (exact) mass is 428 g/mol. The van der Waals surface area contributed by atoms with E-state index in [-0.39, 0.29) is 28.6 Å². The van der Waals surface area contributed by atoms with Gasteiger partial charge in [0.1, 0.15) is 0 Å². The fourth-order valence-electron chi connectivity index (χ4n) is 4.00.